The first-order valence-corrected chi connectivity index (χ1v) is 13.1. The monoisotopic (exact) mass is 480 g/mol. The van der Waals surface area contributed by atoms with Gasteiger partial charge in [-0.05, 0) is 79.7 Å². The normalized spacial score (nSPS) is 21.1. The number of aliphatic hydroxyl groups is 1. The summed E-state index contributed by atoms with van der Waals surface area (Å²) in [5.74, 6) is 6.11. The van der Waals surface area contributed by atoms with Gasteiger partial charge in [0, 0.05) is 12.0 Å². The maximum absolute atomic E-state index is 11.1. The molecule has 3 heteroatoms. The molecular weight excluding hydrogens is 444 g/mol. The Balaban J connectivity index is 1.32. The minimum absolute atomic E-state index is 0.144. The molecule has 2 saturated carbocycles. The van der Waals surface area contributed by atoms with E-state index < -0.39 is 12.1 Å². The fraction of sp³-hybridized carbons (Fsp3) is 0.364. The van der Waals surface area contributed by atoms with Crippen molar-refractivity contribution in [1.82, 2.24) is 0 Å². The van der Waals surface area contributed by atoms with Crippen molar-refractivity contribution in [2.75, 3.05) is 0 Å². The molecule has 4 rings (SSSR count). The molecule has 0 bridgehead atoms. The number of rotatable bonds is 8. The van der Waals surface area contributed by atoms with Crippen LogP contribution in [0.15, 0.2) is 84.5 Å². The Hall–Kier alpha value is -3.35. The highest BCUT2D eigenvalue weighted by Crippen LogP contribution is 2.47. The van der Waals surface area contributed by atoms with Gasteiger partial charge < -0.3 is 10.2 Å². The van der Waals surface area contributed by atoms with Gasteiger partial charge in [0.15, 0.2) is 0 Å². The molecule has 186 valence electrons. The predicted octanol–water partition coefficient (Wildman–Crippen LogP) is 7.43. The molecule has 2 aliphatic carbocycles. The quantitative estimate of drug-likeness (QED) is 0.305. The lowest BCUT2D eigenvalue weighted by molar-refractivity contribution is 0.0652. The molecule has 0 saturated heterocycles. The highest BCUT2D eigenvalue weighted by Gasteiger charge is 2.37. The van der Waals surface area contributed by atoms with Crippen LogP contribution in [0, 0.1) is 23.2 Å². The third-order valence-electron chi connectivity index (χ3n) is 7.53. The molecule has 2 aromatic carbocycles. The van der Waals surface area contributed by atoms with Gasteiger partial charge in [-0.3, -0.25) is 0 Å². The summed E-state index contributed by atoms with van der Waals surface area (Å²) in [6, 6.07) is 17.2. The van der Waals surface area contributed by atoms with E-state index in [1.54, 1.807) is 12.1 Å². The van der Waals surface area contributed by atoms with Crippen molar-refractivity contribution in [2.24, 2.45) is 11.3 Å². The number of carboxylic acid groups (broad SMARTS) is 1. The average Bonchev–Trinajstić information content (AvgIpc) is 2.87. The Kier molecular flexibility index (Phi) is 8.98. The molecule has 0 amide bonds. The second kappa shape index (κ2) is 12.6. The summed E-state index contributed by atoms with van der Waals surface area (Å²) in [4.78, 5) is 11.1. The third-order valence-corrected chi connectivity index (χ3v) is 7.53. The Morgan fingerprint density at radius 2 is 1.81 bits per heavy atom. The minimum Gasteiger partial charge on any atom is -0.478 e. The van der Waals surface area contributed by atoms with Crippen molar-refractivity contribution < 1.29 is 15.0 Å². The zero-order valence-electron chi connectivity index (χ0n) is 20.9. The molecule has 3 nitrogen and oxygen atoms in total. The summed E-state index contributed by atoms with van der Waals surface area (Å²) >= 11 is 0. The van der Waals surface area contributed by atoms with Gasteiger partial charge in [0.05, 0.1) is 11.7 Å². The van der Waals surface area contributed by atoms with Crippen LogP contribution in [0.25, 0.3) is 6.08 Å². The van der Waals surface area contributed by atoms with Gasteiger partial charge in [0.2, 0.25) is 0 Å². The number of hydrogen-bond donors (Lipinski definition) is 2. The summed E-state index contributed by atoms with van der Waals surface area (Å²) < 4.78 is 0. The van der Waals surface area contributed by atoms with Crippen LogP contribution in [0.1, 0.15) is 79.3 Å². The van der Waals surface area contributed by atoms with Gasteiger partial charge in [-0.2, -0.15) is 0 Å². The maximum atomic E-state index is 11.1. The average molecular weight is 481 g/mol. The molecule has 2 atom stereocenters. The van der Waals surface area contributed by atoms with Gasteiger partial charge in [0.25, 0.3) is 0 Å². The maximum Gasteiger partial charge on any atom is 0.335 e. The summed E-state index contributed by atoms with van der Waals surface area (Å²) in [6.07, 6.45) is 19.7. The zero-order chi connectivity index (χ0) is 25.2. The van der Waals surface area contributed by atoms with Gasteiger partial charge in [-0.1, -0.05) is 91.0 Å². The van der Waals surface area contributed by atoms with Crippen molar-refractivity contribution in [1.29, 1.82) is 0 Å². The van der Waals surface area contributed by atoms with Crippen molar-refractivity contribution in [3.05, 3.63) is 101 Å². The SMILES string of the molecule is O=C(O)c1ccc(/C=C2\CCCCC2/C=C/C=C/C(O)CC2(CC#Cc3ccccc3)CCC2)cc1. The lowest BCUT2D eigenvalue weighted by Crippen LogP contribution is -2.32. The third kappa shape index (κ3) is 7.33. The van der Waals surface area contributed by atoms with Crippen LogP contribution in [0.3, 0.4) is 0 Å². The van der Waals surface area contributed by atoms with Crippen LogP contribution < -0.4 is 0 Å². The van der Waals surface area contributed by atoms with Crippen molar-refractivity contribution in [3.63, 3.8) is 0 Å². The van der Waals surface area contributed by atoms with Gasteiger partial charge in [0.1, 0.15) is 0 Å². The first kappa shape index (κ1) is 25.7. The number of aliphatic hydroxyl groups excluding tert-OH is 1. The summed E-state index contributed by atoms with van der Waals surface area (Å²) in [6.45, 7) is 0. The van der Waals surface area contributed by atoms with E-state index in [4.69, 9.17) is 5.11 Å². The molecular formula is C33H36O3. The molecule has 2 fully saturated rings. The largest absolute Gasteiger partial charge is 0.478 e. The Labute approximate surface area is 215 Å². The lowest BCUT2D eigenvalue weighted by Gasteiger charge is -2.41. The predicted molar refractivity (Wildman–Crippen MR) is 146 cm³/mol. The Morgan fingerprint density at radius 3 is 2.50 bits per heavy atom. The summed E-state index contributed by atoms with van der Waals surface area (Å²) in [5, 5.41) is 19.8. The van der Waals surface area contributed by atoms with E-state index in [-0.39, 0.29) is 5.41 Å². The van der Waals surface area contributed by atoms with Crippen LogP contribution in [0.4, 0.5) is 0 Å². The van der Waals surface area contributed by atoms with E-state index in [0.717, 1.165) is 49.7 Å². The van der Waals surface area contributed by atoms with Gasteiger partial charge in [-0.15, -0.1) is 0 Å². The van der Waals surface area contributed by atoms with Gasteiger partial charge in [-0.25, -0.2) is 4.79 Å². The van der Waals surface area contributed by atoms with Crippen molar-refractivity contribution in [3.8, 4) is 11.8 Å². The molecule has 2 aromatic rings. The smallest absolute Gasteiger partial charge is 0.335 e. The van der Waals surface area contributed by atoms with E-state index >= 15 is 0 Å². The summed E-state index contributed by atoms with van der Waals surface area (Å²) in [7, 11) is 0. The molecule has 2 unspecified atom stereocenters. The van der Waals surface area contributed by atoms with E-state index in [1.165, 1.54) is 24.8 Å². The Bertz CT molecular complexity index is 1150. The second-order valence-electron chi connectivity index (χ2n) is 10.2. The number of carboxylic acids is 1. The topological polar surface area (TPSA) is 57.5 Å². The number of allylic oxidation sites excluding steroid dienone is 4. The van der Waals surface area contributed by atoms with E-state index in [1.807, 2.05) is 54.6 Å². The lowest BCUT2D eigenvalue weighted by atomic mass is 9.64. The van der Waals surface area contributed by atoms with E-state index in [2.05, 4.69) is 30.1 Å². The number of hydrogen-bond acceptors (Lipinski definition) is 2. The molecule has 0 radical (unpaired) electrons. The molecule has 0 heterocycles. The van der Waals surface area contributed by atoms with E-state index in [0.29, 0.717) is 11.5 Å². The highest BCUT2D eigenvalue weighted by atomic mass is 16.4. The molecule has 0 aromatic heterocycles. The highest BCUT2D eigenvalue weighted by molar-refractivity contribution is 5.87. The second-order valence-corrected chi connectivity index (χ2v) is 10.2. The van der Waals surface area contributed by atoms with Gasteiger partial charge >= 0.3 is 5.97 Å². The molecule has 36 heavy (non-hydrogen) atoms. The molecule has 2 aliphatic rings. The fourth-order valence-corrected chi connectivity index (χ4v) is 5.29. The first-order chi connectivity index (χ1) is 17.5. The van der Waals surface area contributed by atoms with Crippen LogP contribution in [-0.4, -0.2) is 22.3 Å². The van der Waals surface area contributed by atoms with E-state index in [9.17, 15) is 9.90 Å². The van der Waals surface area contributed by atoms with Crippen LogP contribution in [0.2, 0.25) is 0 Å². The Morgan fingerprint density at radius 1 is 1.03 bits per heavy atom. The van der Waals surface area contributed by atoms with Crippen molar-refractivity contribution in [2.45, 2.75) is 63.9 Å². The van der Waals surface area contributed by atoms with Crippen LogP contribution in [-0.2, 0) is 0 Å². The fourth-order valence-electron chi connectivity index (χ4n) is 5.29. The first-order valence-electron chi connectivity index (χ1n) is 13.1. The minimum atomic E-state index is -0.898. The van der Waals surface area contributed by atoms with Crippen LogP contribution >= 0.6 is 0 Å². The van der Waals surface area contributed by atoms with Crippen molar-refractivity contribution >= 4 is 12.0 Å². The summed E-state index contributed by atoms with van der Waals surface area (Å²) in [5.41, 5.74) is 3.94. The number of aromatic carboxylic acids is 1. The molecule has 0 spiro atoms. The zero-order valence-corrected chi connectivity index (χ0v) is 20.9. The number of carbonyl (C=O) groups is 1. The standard InChI is InChI=1S/C33H36O3/c34-31(25-33(22-9-23-33)21-8-12-26-10-2-1-3-11-26)16-7-6-14-28-13-4-5-15-30(28)24-27-17-19-29(20-18-27)32(35)36/h1-3,6-7,10-11,14,16-20,24,28,31,34H,4-5,9,13,15,21-23,25H2,(H,35,36)/b14-6+,16-7+,30-24+. The number of benzene rings is 2. The molecule has 0 aliphatic heterocycles. The molecule has 2 N–H and O–H groups in total. The van der Waals surface area contributed by atoms with Crippen LogP contribution in [0.5, 0.6) is 0 Å².